The molecule has 21 heavy (non-hydrogen) atoms. The third-order valence-corrected chi connectivity index (χ3v) is 3.67. The van der Waals surface area contributed by atoms with Gasteiger partial charge in [-0.2, -0.15) is 0 Å². The van der Waals surface area contributed by atoms with Gasteiger partial charge in [0, 0.05) is 36.4 Å². The average Bonchev–Trinajstić information content (AvgIpc) is 2.89. The topological polar surface area (TPSA) is 53.1 Å². The van der Waals surface area contributed by atoms with E-state index in [1.54, 1.807) is 6.20 Å². The van der Waals surface area contributed by atoms with Gasteiger partial charge in [-0.25, -0.2) is 4.98 Å². The first-order valence-corrected chi connectivity index (χ1v) is 7.03. The molecule has 3 aromatic rings. The zero-order valence-corrected chi connectivity index (χ0v) is 12.3. The van der Waals surface area contributed by atoms with Crippen LogP contribution in [0.4, 0.5) is 0 Å². The Morgan fingerprint density at radius 2 is 2.05 bits per heavy atom. The number of imidazole rings is 1. The maximum absolute atomic E-state index is 6.08. The van der Waals surface area contributed by atoms with Crippen LogP contribution in [0, 0.1) is 0 Å². The third kappa shape index (κ3) is 2.62. The van der Waals surface area contributed by atoms with Gasteiger partial charge < -0.3 is 15.0 Å². The largest absolute Gasteiger partial charge is 0.485 e. The predicted octanol–water partition coefficient (Wildman–Crippen LogP) is 3.17. The molecule has 0 aliphatic rings. The molecule has 0 spiro atoms. The fraction of sp³-hybridized carbons (Fsp3) is 0.235. The first-order chi connectivity index (χ1) is 10.2. The minimum absolute atomic E-state index is 0.0778. The highest BCUT2D eigenvalue weighted by atomic mass is 16.5. The maximum atomic E-state index is 6.08. The lowest BCUT2D eigenvalue weighted by molar-refractivity contribution is 0.291. The van der Waals surface area contributed by atoms with Gasteiger partial charge in [0.05, 0.1) is 0 Å². The quantitative estimate of drug-likeness (QED) is 0.799. The fourth-order valence-electron chi connectivity index (χ4n) is 2.45. The molecule has 4 nitrogen and oxygen atoms in total. The Kier molecular flexibility index (Phi) is 3.62. The summed E-state index contributed by atoms with van der Waals surface area (Å²) in [7, 11) is 1.96. The second kappa shape index (κ2) is 5.58. The number of ether oxygens (including phenoxy) is 1. The first-order valence-electron chi connectivity index (χ1n) is 7.03. The standard InChI is InChI=1S/C17H19N3O/c1-12(18)14-8-7-13-5-3-4-6-15(13)17(14)21-11-16-19-9-10-20(16)2/h3-10,12H,11,18H2,1-2H3/t12-/m1/s1. The van der Waals surface area contributed by atoms with Gasteiger partial charge in [0.15, 0.2) is 0 Å². The van der Waals surface area contributed by atoms with Crippen molar-refractivity contribution in [2.75, 3.05) is 0 Å². The summed E-state index contributed by atoms with van der Waals surface area (Å²) in [6.45, 7) is 2.40. The molecule has 0 bridgehead atoms. The molecule has 4 heteroatoms. The molecule has 0 aliphatic heterocycles. The fourth-order valence-corrected chi connectivity index (χ4v) is 2.45. The summed E-state index contributed by atoms with van der Waals surface area (Å²) < 4.78 is 8.03. The zero-order chi connectivity index (χ0) is 14.8. The molecule has 0 fully saturated rings. The van der Waals surface area contributed by atoms with Crippen LogP contribution in [-0.4, -0.2) is 9.55 Å². The maximum Gasteiger partial charge on any atom is 0.146 e. The van der Waals surface area contributed by atoms with E-state index in [-0.39, 0.29) is 6.04 Å². The molecule has 108 valence electrons. The third-order valence-electron chi connectivity index (χ3n) is 3.67. The molecule has 1 aromatic heterocycles. The van der Waals surface area contributed by atoms with E-state index in [1.807, 2.05) is 42.9 Å². The number of hydrogen-bond donors (Lipinski definition) is 1. The highest BCUT2D eigenvalue weighted by molar-refractivity contribution is 5.89. The number of nitrogens with two attached hydrogens (primary N) is 1. The second-order valence-corrected chi connectivity index (χ2v) is 5.24. The minimum atomic E-state index is -0.0778. The lowest BCUT2D eigenvalue weighted by Gasteiger charge is -2.16. The zero-order valence-electron chi connectivity index (χ0n) is 12.3. The van der Waals surface area contributed by atoms with Gasteiger partial charge >= 0.3 is 0 Å². The van der Waals surface area contributed by atoms with Crippen molar-refractivity contribution in [1.82, 2.24) is 9.55 Å². The van der Waals surface area contributed by atoms with Crippen LogP contribution in [0.5, 0.6) is 5.75 Å². The molecule has 0 radical (unpaired) electrons. The Morgan fingerprint density at radius 3 is 2.76 bits per heavy atom. The van der Waals surface area contributed by atoms with Crippen LogP contribution < -0.4 is 10.5 Å². The number of benzene rings is 2. The number of aromatic nitrogens is 2. The Bertz CT molecular complexity index is 762. The predicted molar refractivity (Wildman–Crippen MR) is 84.1 cm³/mol. The Morgan fingerprint density at radius 1 is 1.24 bits per heavy atom. The number of rotatable bonds is 4. The average molecular weight is 281 g/mol. The minimum Gasteiger partial charge on any atom is -0.485 e. The van der Waals surface area contributed by atoms with E-state index in [0.717, 1.165) is 27.9 Å². The normalized spacial score (nSPS) is 12.5. The summed E-state index contributed by atoms with van der Waals surface area (Å²) in [5, 5.41) is 2.23. The van der Waals surface area contributed by atoms with Gasteiger partial charge in [0.2, 0.25) is 0 Å². The monoisotopic (exact) mass is 281 g/mol. The summed E-state index contributed by atoms with van der Waals surface area (Å²) in [5.74, 6) is 1.74. The Labute approximate surface area is 124 Å². The SMILES string of the molecule is C[C@@H](N)c1ccc2ccccc2c1OCc1nccn1C. The van der Waals surface area contributed by atoms with E-state index in [9.17, 15) is 0 Å². The van der Waals surface area contributed by atoms with Crippen LogP contribution in [0.15, 0.2) is 48.8 Å². The first kappa shape index (κ1) is 13.6. The van der Waals surface area contributed by atoms with E-state index in [4.69, 9.17) is 10.5 Å². The Hall–Kier alpha value is -2.33. The molecular formula is C17H19N3O. The van der Waals surface area contributed by atoms with Crippen molar-refractivity contribution in [2.24, 2.45) is 12.8 Å². The van der Waals surface area contributed by atoms with Gasteiger partial charge in [-0.3, -0.25) is 0 Å². The van der Waals surface area contributed by atoms with Crippen molar-refractivity contribution in [3.05, 3.63) is 60.2 Å². The molecule has 3 rings (SSSR count). The molecule has 0 saturated heterocycles. The molecular weight excluding hydrogens is 262 g/mol. The highest BCUT2D eigenvalue weighted by Crippen LogP contribution is 2.33. The molecule has 2 N–H and O–H groups in total. The smallest absolute Gasteiger partial charge is 0.146 e. The second-order valence-electron chi connectivity index (χ2n) is 5.24. The highest BCUT2D eigenvalue weighted by Gasteiger charge is 2.13. The van der Waals surface area contributed by atoms with Crippen molar-refractivity contribution >= 4 is 10.8 Å². The number of aryl methyl sites for hydroxylation is 1. The summed E-state index contributed by atoms with van der Waals surface area (Å²) in [6.07, 6.45) is 3.68. The number of fused-ring (bicyclic) bond motifs is 1. The van der Waals surface area contributed by atoms with Crippen LogP contribution in [0.3, 0.4) is 0 Å². The molecule has 0 saturated carbocycles. The van der Waals surface area contributed by atoms with E-state index in [2.05, 4.69) is 23.2 Å². The molecule has 0 unspecified atom stereocenters. The van der Waals surface area contributed by atoms with Crippen LogP contribution in [0.2, 0.25) is 0 Å². The summed E-state index contributed by atoms with van der Waals surface area (Å²) in [6, 6.07) is 12.2. The molecule has 0 aliphatic carbocycles. The van der Waals surface area contributed by atoms with Crippen molar-refractivity contribution < 1.29 is 4.74 Å². The molecule has 1 atom stereocenters. The van der Waals surface area contributed by atoms with Crippen LogP contribution >= 0.6 is 0 Å². The van der Waals surface area contributed by atoms with Crippen molar-refractivity contribution in [1.29, 1.82) is 0 Å². The summed E-state index contributed by atoms with van der Waals surface area (Å²) in [4.78, 5) is 4.29. The number of nitrogens with zero attached hydrogens (tertiary/aromatic N) is 2. The lowest BCUT2D eigenvalue weighted by atomic mass is 10.0. The van der Waals surface area contributed by atoms with Crippen molar-refractivity contribution in [3.63, 3.8) is 0 Å². The van der Waals surface area contributed by atoms with Crippen molar-refractivity contribution in [2.45, 2.75) is 19.6 Å². The van der Waals surface area contributed by atoms with Crippen molar-refractivity contribution in [3.8, 4) is 5.75 Å². The Balaban J connectivity index is 2.02. The molecule has 2 aromatic carbocycles. The van der Waals surface area contributed by atoms with Gasteiger partial charge in [-0.15, -0.1) is 0 Å². The number of hydrogen-bond acceptors (Lipinski definition) is 3. The summed E-state index contributed by atoms with van der Waals surface area (Å²) in [5.41, 5.74) is 7.10. The van der Waals surface area contributed by atoms with Crippen LogP contribution in [0.25, 0.3) is 10.8 Å². The van der Waals surface area contributed by atoms with Gasteiger partial charge in [-0.1, -0.05) is 36.4 Å². The van der Waals surface area contributed by atoms with E-state index in [1.165, 1.54) is 0 Å². The van der Waals surface area contributed by atoms with Crippen LogP contribution in [0.1, 0.15) is 24.4 Å². The lowest BCUT2D eigenvalue weighted by Crippen LogP contribution is -2.10. The molecule has 0 amide bonds. The molecule has 1 heterocycles. The van der Waals surface area contributed by atoms with E-state index >= 15 is 0 Å². The summed E-state index contributed by atoms with van der Waals surface area (Å²) >= 11 is 0. The van der Waals surface area contributed by atoms with Gasteiger partial charge in [-0.05, 0) is 12.3 Å². The van der Waals surface area contributed by atoms with Crippen LogP contribution in [-0.2, 0) is 13.7 Å². The van der Waals surface area contributed by atoms with E-state index in [0.29, 0.717) is 6.61 Å². The van der Waals surface area contributed by atoms with Gasteiger partial charge in [0.1, 0.15) is 18.2 Å². The van der Waals surface area contributed by atoms with Gasteiger partial charge in [0.25, 0.3) is 0 Å². The van der Waals surface area contributed by atoms with E-state index < -0.39 is 0 Å².